The molecule has 1 aromatic heterocycles. The Kier molecular flexibility index (Phi) is 7.71. The van der Waals surface area contributed by atoms with Gasteiger partial charge in [0.2, 0.25) is 5.91 Å². The molecule has 5 heteroatoms. The largest absolute Gasteiger partial charge is 0.451 e. The van der Waals surface area contributed by atoms with Crippen molar-refractivity contribution in [2.75, 3.05) is 18.0 Å². The molecular formula is C29H36N2O3. The van der Waals surface area contributed by atoms with Crippen molar-refractivity contribution in [3.63, 3.8) is 0 Å². The van der Waals surface area contributed by atoms with Crippen molar-refractivity contribution in [2.24, 2.45) is 5.92 Å². The molecule has 180 valence electrons. The number of carbonyl (C=O) groups is 2. The minimum Gasteiger partial charge on any atom is -0.451 e. The molecule has 0 radical (unpaired) electrons. The molecule has 0 N–H and O–H groups in total. The number of aryl methyl sites for hydroxylation is 1. The van der Waals surface area contributed by atoms with Crippen molar-refractivity contribution in [2.45, 2.75) is 65.8 Å². The fourth-order valence-corrected chi connectivity index (χ4v) is 4.71. The van der Waals surface area contributed by atoms with Gasteiger partial charge in [0, 0.05) is 37.1 Å². The predicted octanol–water partition coefficient (Wildman–Crippen LogP) is 6.73. The summed E-state index contributed by atoms with van der Waals surface area (Å²) in [5, 5.41) is 0.939. The lowest BCUT2D eigenvalue weighted by Crippen LogP contribution is -2.36. The molecule has 1 aliphatic rings. The SMILES string of the molecule is Cc1ccc2cc(C(=O)N3CCCCCCCN(C(=O)CC(C)C)c4ccccc4C3)oc2c1. The van der Waals surface area contributed by atoms with Crippen LogP contribution in [0.15, 0.2) is 52.9 Å². The number of benzene rings is 2. The van der Waals surface area contributed by atoms with Gasteiger partial charge in [-0.3, -0.25) is 9.59 Å². The first kappa shape index (κ1) is 24.1. The number of para-hydroxylation sites is 1. The first-order valence-corrected chi connectivity index (χ1v) is 12.6. The van der Waals surface area contributed by atoms with Gasteiger partial charge in [-0.2, -0.15) is 0 Å². The van der Waals surface area contributed by atoms with E-state index < -0.39 is 0 Å². The third-order valence-corrected chi connectivity index (χ3v) is 6.51. The third kappa shape index (κ3) is 5.69. The van der Waals surface area contributed by atoms with Crippen LogP contribution in [-0.4, -0.2) is 29.8 Å². The Morgan fingerprint density at radius 3 is 2.47 bits per heavy atom. The van der Waals surface area contributed by atoms with Gasteiger partial charge in [-0.15, -0.1) is 0 Å². The predicted molar refractivity (Wildman–Crippen MR) is 137 cm³/mol. The molecule has 0 atom stereocenters. The monoisotopic (exact) mass is 460 g/mol. The van der Waals surface area contributed by atoms with Crippen LogP contribution in [0.3, 0.4) is 0 Å². The summed E-state index contributed by atoms with van der Waals surface area (Å²) in [6.45, 7) is 8.02. The molecule has 1 aliphatic heterocycles. The van der Waals surface area contributed by atoms with E-state index in [1.165, 1.54) is 0 Å². The summed E-state index contributed by atoms with van der Waals surface area (Å²) in [6, 6.07) is 15.9. The number of anilines is 1. The fraction of sp³-hybridized carbons (Fsp3) is 0.448. The highest BCUT2D eigenvalue weighted by Gasteiger charge is 2.24. The molecule has 2 amide bonds. The maximum atomic E-state index is 13.6. The maximum absolute atomic E-state index is 13.6. The molecular weight excluding hydrogens is 424 g/mol. The molecule has 3 aromatic rings. The Hall–Kier alpha value is -3.08. The first-order valence-electron chi connectivity index (χ1n) is 12.6. The van der Waals surface area contributed by atoms with Crippen molar-refractivity contribution in [1.29, 1.82) is 0 Å². The molecule has 0 spiro atoms. The molecule has 0 aliphatic carbocycles. The van der Waals surface area contributed by atoms with Gasteiger partial charge >= 0.3 is 0 Å². The smallest absolute Gasteiger partial charge is 0.289 e. The van der Waals surface area contributed by atoms with Crippen molar-refractivity contribution >= 4 is 28.5 Å². The zero-order valence-electron chi connectivity index (χ0n) is 20.7. The standard InChI is InChI=1S/C29H36N2O3/c1-21(2)17-28(32)31-16-10-6-4-5-9-15-30(20-24-11-7-8-12-25(24)31)29(33)27-19-23-14-13-22(3)18-26(23)34-27/h7-8,11-14,18-19,21H,4-6,9-10,15-17,20H2,1-3H3. The number of hydrogen-bond acceptors (Lipinski definition) is 3. The Bertz CT molecular complexity index is 1150. The summed E-state index contributed by atoms with van der Waals surface area (Å²) >= 11 is 0. The number of hydrogen-bond donors (Lipinski definition) is 0. The highest BCUT2D eigenvalue weighted by atomic mass is 16.3. The number of furan rings is 1. The molecule has 34 heavy (non-hydrogen) atoms. The molecule has 4 rings (SSSR count). The number of nitrogens with zero attached hydrogens (tertiary/aromatic N) is 2. The summed E-state index contributed by atoms with van der Waals surface area (Å²) < 4.78 is 5.97. The van der Waals surface area contributed by atoms with Crippen LogP contribution in [0, 0.1) is 12.8 Å². The van der Waals surface area contributed by atoms with Gasteiger partial charge < -0.3 is 14.2 Å². The van der Waals surface area contributed by atoms with Crippen LogP contribution in [0.25, 0.3) is 11.0 Å². The van der Waals surface area contributed by atoms with Gasteiger partial charge in [0.05, 0.1) is 0 Å². The van der Waals surface area contributed by atoms with E-state index in [2.05, 4.69) is 13.8 Å². The van der Waals surface area contributed by atoms with Crippen LogP contribution in [0.1, 0.15) is 74.1 Å². The summed E-state index contributed by atoms with van der Waals surface area (Å²) in [6.07, 6.45) is 5.76. The second-order valence-electron chi connectivity index (χ2n) is 9.92. The molecule has 2 aromatic carbocycles. The molecule has 0 bridgehead atoms. The molecule has 0 saturated carbocycles. The van der Waals surface area contributed by atoms with Crippen molar-refractivity contribution in [1.82, 2.24) is 4.90 Å². The third-order valence-electron chi connectivity index (χ3n) is 6.51. The summed E-state index contributed by atoms with van der Waals surface area (Å²) in [4.78, 5) is 30.6. The Morgan fingerprint density at radius 2 is 1.68 bits per heavy atom. The zero-order valence-corrected chi connectivity index (χ0v) is 20.7. The molecule has 0 fully saturated rings. The minimum absolute atomic E-state index is 0.0965. The first-order chi connectivity index (χ1) is 16.4. The van der Waals surface area contributed by atoms with E-state index in [4.69, 9.17) is 4.42 Å². The van der Waals surface area contributed by atoms with Crippen molar-refractivity contribution in [3.05, 3.63) is 65.4 Å². The molecule has 0 saturated heterocycles. The number of fused-ring (bicyclic) bond motifs is 2. The second kappa shape index (κ2) is 10.9. The van der Waals surface area contributed by atoms with Gasteiger partial charge in [0.15, 0.2) is 5.76 Å². The average molecular weight is 461 g/mol. The zero-order chi connectivity index (χ0) is 24.1. The lowest BCUT2D eigenvalue weighted by atomic mass is 10.0. The quantitative estimate of drug-likeness (QED) is 0.436. The van der Waals surface area contributed by atoms with Crippen molar-refractivity contribution in [3.8, 4) is 0 Å². The van der Waals surface area contributed by atoms with Gasteiger partial charge in [0.25, 0.3) is 5.91 Å². The molecule has 2 heterocycles. The van der Waals surface area contributed by atoms with Crippen LogP contribution in [0.2, 0.25) is 0 Å². The Morgan fingerprint density at radius 1 is 0.941 bits per heavy atom. The van der Waals surface area contributed by atoms with E-state index in [-0.39, 0.29) is 11.8 Å². The van der Waals surface area contributed by atoms with E-state index in [0.717, 1.165) is 66.4 Å². The van der Waals surface area contributed by atoms with E-state index in [1.807, 2.05) is 65.3 Å². The highest BCUT2D eigenvalue weighted by molar-refractivity contribution is 5.97. The van der Waals surface area contributed by atoms with Crippen molar-refractivity contribution < 1.29 is 14.0 Å². The maximum Gasteiger partial charge on any atom is 0.289 e. The number of rotatable bonds is 3. The van der Waals surface area contributed by atoms with E-state index in [0.29, 0.717) is 31.2 Å². The topological polar surface area (TPSA) is 53.8 Å². The Balaban J connectivity index is 1.66. The fourth-order valence-electron chi connectivity index (χ4n) is 4.71. The van der Waals surface area contributed by atoms with Crippen LogP contribution < -0.4 is 4.90 Å². The Labute approximate surface area is 202 Å². The highest BCUT2D eigenvalue weighted by Crippen LogP contribution is 2.27. The normalized spacial score (nSPS) is 15.6. The molecule has 5 nitrogen and oxygen atoms in total. The lowest BCUT2D eigenvalue weighted by molar-refractivity contribution is -0.119. The van der Waals surface area contributed by atoms with E-state index >= 15 is 0 Å². The van der Waals surface area contributed by atoms with Gasteiger partial charge in [-0.05, 0) is 55.0 Å². The summed E-state index contributed by atoms with van der Waals surface area (Å²) in [7, 11) is 0. The second-order valence-corrected chi connectivity index (χ2v) is 9.92. The molecule has 0 unspecified atom stereocenters. The van der Waals surface area contributed by atoms with Gasteiger partial charge in [-0.25, -0.2) is 0 Å². The summed E-state index contributed by atoms with van der Waals surface area (Å²) in [5.74, 6) is 0.736. The van der Waals surface area contributed by atoms with E-state index in [1.54, 1.807) is 0 Å². The van der Waals surface area contributed by atoms with Crippen LogP contribution in [0.5, 0.6) is 0 Å². The van der Waals surface area contributed by atoms with Crippen LogP contribution in [-0.2, 0) is 11.3 Å². The van der Waals surface area contributed by atoms with Gasteiger partial charge in [-0.1, -0.05) is 63.4 Å². The van der Waals surface area contributed by atoms with Gasteiger partial charge in [0.1, 0.15) is 5.58 Å². The van der Waals surface area contributed by atoms with Crippen LogP contribution in [0.4, 0.5) is 5.69 Å². The summed E-state index contributed by atoms with van der Waals surface area (Å²) in [5.41, 5.74) is 3.77. The van der Waals surface area contributed by atoms with E-state index in [9.17, 15) is 9.59 Å². The number of amides is 2. The lowest BCUT2D eigenvalue weighted by Gasteiger charge is -2.29. The minimum atomic E-state index is -0.0965. The van der Waals surface area contributed by atoms with Crippen LogP contribution >= 0.6 is 0 Å². The average Bonchev–Trinajstić information content (AvgIpc) is 3.21. The number of carbonyl (C=O) groups excluding carboxylic acids is 2.